The third-order valence-corrected chi connectivity index (χ3v) is 4.49. The smallest absolute Gasteiger partial charge is 0.274 e. The average Bonchev–Trinajstić information content (AvgIpc) is 3.10. The van der Waals surface area contributed by atoms with Gasteiger partial charge in [0.15, 0.2) is 0 Å². The predicted molar refractivity (Wildman–Crippen MR) is 106 cm³/mol. The zero-order chi connectivity index (χ0) is 20.5. The molecule has 7 nitrogen and oxygen atoms in total. The third-order valence-electron chi connectivity index (χ3n) is 4.49. The molecule has 1 N–H and O–H groups in total. The van der Waals surface area contributed by atoms with Crippen molar-refractivity contribution in [3.8, 4) is 0 Å². The van der Waals surface area contributed by atoms with Crippen LogP contribution in [0.5, 0.6) is 0 Å². The fraction of sp³-hybridized carbons (Fsp3) is 0.143. The monoisotopic (exact) mass is 391 g/mol. The van der Waals surface area contributed by atoms with Gasteiger partial charge in [0.25, 0.3) is 17.2 Å². The number of aromatic amines is 1. The molecule has 0 aliphatic heterocycles. The molecule has 0 bridgehead atoms. The molecule has 0 saturated carbocycles. The largest absolute Gasteiger partial charge is 0.301 e. The minimum absolute atomic E-state index is 0.0844. The molecule has 146 valence electrons. The van der Waals surface area contributed by atoms with E-state index in [9.17, 15) is 14.0 Å². The van der Waals surface area contributed by atoms with Crippen LogP contribution < -0.4 is 10.5 Å². The Morgan fingerprint density at radius 3 is 2.45 bits per heavy atom. The summed E-state index contributed by atoms with van der Waals surface area (Å²) in [5, 5.41) is 2.89. The summed E-state index contributed by atoms with van der Waals surface area (Å²) in [5.41, 5.74) is 2.33. The molecule has 0 radical (unpaired) electrons. The van der Waals surface area contributed by atoms with Crippen molar-refractivity contribution < 1.29 is 9.18 Å². The Hall–Kier alpha value is -3.81. The van der Waals surface area contributed by atoms with E-state index in [-0.39, 0.29) is 23.8 Å². The number of nitrogens with one attached hydrogen (secondary N) is 1. The summed E-state index contributed by atoms with van der Waals surface area (Å²) in [6, 6.07) is 14.2. The highest BCUT2D eigenvalue weighted by Gasteiger charge is 2.20. The summed E-state index contributed by atoms with van der Waals surface area (Å²) in [5.74, 6) is -0.0911. The molecule has 4 rings (SSSR count). The normalized spacial score (nSPS) is 11.0. The predicted octanol–water partition coefficient (Wildman–Crippen LogP) is 3.02. The van der Waals surface area contributed by atoms with E-state index in [2.05, 4.69) is 15.1 Å². The van der Waals surface area contributed by atoms with Crippen molar-refractivity contribution in [1.29, 1.82) is 0 Å². The Morgan fingerprint density at radius 2 is 1.76 bits per heavy atom. The molecule has 2 heterocycles. The number of aromatic nitrogens is 4. The molecule has 0 aliphatic carbocycles. The van der Waals surface area contributed by atoms with Crippen LogP contribution >= 0.6 is 0 Å². The second-order valence-corrected chi connectivity index (χ2v) is 6.78. The van der Waals surface area contributed by atoms with E-state index in [4.69, 9.17) is 0 Å². The molecule has 1 amide bonds. The minimum atomic E-state index is -0.415. The van der Waals surface area contributed by atoms with Gasteiger partial charge >= 0.3 is 0 Å². The lowest BCUT2D eigenvalue weighted by Crippen LogP contribution is -2.31. The summed E-state index contributed by atoms with van der Waals surface area (Å²) < 4.78 is 14.5. The zero-order valence-electron chi connectivity index (χ0n) is 15.9. The van der Waals surface area contributed by atoms with Crippen molar-refractivity contribution in [2.75, 3.05) is 4.90 Å². The molecule has 4 aromatic rings. The summed E-state index contributed by atoms with van der Waals surface area (Å²) in [6.07, 6.45) is 0. The fourth-order valence-corrected chi connectivity index (χ4v) is 3.01. The van der Waals surface area contributed by atoms with E-state index < -0.39 is 5.82 Å². The minimum Gasteiger partial charge on any atom is -0.301 e. The van der Waals surface area contributed by atoms with Crippen molar-refractivity contribution in [1.82, 2.24) is 19.6 Å². The first-order valence-corrected chi connectivity index (χ1v) is 9.00. The summed E-state index contributed by atoms with van der Waals surface area (Å²) in [6.45, 7) is 3.75. The standard InChI is InChI=1S/C21H18FN5O2/c1-13-3-9-17(10-4-13)26(20(29)15-5-7-16(22)8-6-15)12-18-24-21-23-14(2)11-19(28)27(21)25-18/h3-11H,12H2,1-2H3,(H,23,24,25). The van der Waals surface area contributed by atoms with E-state index in [0.717, 1.165) is 5.56 Å². The molecular weight excluding hydrogens is 373 g/mol. The van der Waals surface area contributed by atoms with Crippen LogP contribution in [0.2, 0.25) is 0 Å². The van der Waals surface area contributed by atoms with Crippen LogP contribution in [0.25, 0.3) is 5.78 Å². The van der Waals surface area contributed by atoms with E-state index in [0.29, 0.717) is 22.8 Å². The van der Waals surface area contributed by atoms with Crippen molar-refractivity contribution >= 4 is 17.4 Å². The van der Waals surface area contributed by atoms with Gasteiger partial charge in [-0.15, -0.1) is 0 Å². The molecule has 2 aromatic carbocycles. The molecule has 0 fully saturated rings. The van der Waals surface area contributed by atoms with Crippen LogP contribution in [0.15, 0.2) is 59.4 Å². The van der Waals surface area contributed by atoms with Gasteiger partial charge in [-0.25, -0.2) is 9.37 Å². The van der Waals surface area contributed by atoms with Crippen molar-refractivity contribution in [3.63, 3.8) is 0 Å². The van der Waals surface area contributed by atoms with Gasteiger partial charge in [0.05, 0.1) is 6.54 Å². The molecule has 8 heteroatoms. The Bertz CT molecular complexity index is 1240. The molecule has 0 aliphatic rings. The Kier molecular flexibility index (Phi) is 4.67. The van der Waals surface area contributed by atoms with Crippen LogP contribution in [0, 0.1) is 19.7 Å². The molecule has 29 heavy (non-hydrogen) atoms. The van der Waals surface area contributed by atoms with Crippen molar-refractivity contribution in [2.24, 2.45) is 0 Å². The van der Waals surface area contributed by atoms with Crippen LogP contribution in [0.3, 0.4) is 0 Å². The number of hydrogen-bond donors (Lipinski definition) is 1. The van der Waals surface area contributed by atoms with Gasteiger partial charge in [0.2, 0.25) is 0 Å². The molecule has 2 aromatic heterocycles. The average molecular weight is 391 g/mol. The van der Waals surface area contributed by atoms with Crippen molar-refractivity contribution in [3.05, 3.63) is 93.4 Å². The van der Waals surface area contributed by atoms with Crippen molar-refractivity contribution in [2.45, 2.75) is 20.4 Å². The van der Waals surface area contributed by atoms with Gasteiger partial charge in [-0.05, 0) is 50.2 Å². The van der Waals surface area contributed by atoms with E-state index in [1.807, 2.05) is 31.2 Å². The number of fused-ring (bicyclic) bond motifs is 1. The quantitative estimate of drug-likeness (QED) is 0.580. The highest BCUT2D eigenvalue weighted by Crippen LogP contribution is 2.20. The van der Waals surface area contributed by atoms with Crippen LogP contribution in [0.1, 0.15) is 27.4 Å². The number of hydrogen-bond acceptors (Lipinski definition) is 4. The number of benzene rings is 2. The van der Waals surface area contributed by atoms with E-state index >= 15 is 0 Å². The Labute approximate surface area is 165 Å². The molecule has 0 unspecified atom stereocenters. The first-order chi connectivity index (χ1) is 13.9. The van der Waals surface area contributed by atoms with Crippen LogP contribution in [-0.2, 0) is 6.54 Å². The van der Waals surface area contributed by atoms with Gasteiger partial charge in [0.1, 0.15) is 11.6 Å². The summed E-state index contributed by atoms with van der Waals surface area (Å²) >= 11 is 0. The number of nitrogens with zero attached hydrogens (tertiary/aromatic N) is 4. The molecule has 0 spiro atoms. The second kappa shape index (κ2) is 7.31. The molecular formula is C21H18FN5O2. The number of aryl methyl sites for hydroxylation is 2. The first kappa shape index (κ1) is 18.5. The van der Waals surface area contributed by atoms with Gasteiger partial charge in [-0.3, -0.25) is 14.7 Å². The van der Waals surface area contributed by atoms with Gasteiger partial charge < -0.3 is 4.90 Å². The highest BCUT2D eigenvalue weighted by atomic mass is 19.1. The van der Waals surface area contributed by atoms with Gasteiger partial charge in [-0.1, -0.05) is 17.7 Å². The SMILES string of the molecule is Cc1ccc(N(Cc2nc3nc(C)cc(=O)n3[nH]2)C(=O)c2ccc(F)cc2)cc1. The number of halogens is 1. The maximum atomic E-state index is 13.3. The molecule has 0 saturated heterocycles. The topological polar surface area (TPSA) is 83.4 Å². The van der Waals surface area contributed by atoms with Crippen LogP contribution in [-0.4, -0.2) is 25.5 Å². The number of rotatable bonds is 4. The highest BCUT2D eigenvalue weighted by molar-refractivity contribution is 6.05. The lowest BCUT2D eigenvalue weighted by atomic mass is 10.1. The zero-order valence-corrected chi connectivity index (χ0v) is 15.9. The fourth-order valence-electron chi connectivity index (χ4n) is 3.01. The Balaban J connectivity index is 1.75. The summed E-state index contributed by atoms with van der Waals surface area (Å²) in [4.78, 5) is 35.4. The number of carbonyl (C=O) groups is 1. The third kappa shape index (κ3) is 3.77. The van der Waals surface area contributed by atoms with E-state index in [1.54, 1.807) is 6.92 Å². The second-order valence-electron chi connectivity index (χ2n) is 6.78. The van der Waals surface area contributed by atoms with Crippen LogP contribution in [0.4, 0.5) is 10.1 Å². The number of amides is 1. The van der Waals surface area contributed by atoms with E-state index in [1.165, 1.54) is 39.7 Å². The lowest BCUT2D eigenvalue weighted by molar-refractivity contribution is 0.0984. The number of H-pyrrole nitrogens is 1. The molecule has 0 atom stereocenters. The first-order valence-electron chi connectivity index (χ1n) is 9.00. The van der Waals surface area contributed by atoms with Gasteiger partial charge in [-0.2, -0.15) is 9.50 Å². The Morgan fingerprint density at radius 1 is 1.07 bits per heavy atom. The van der Waals surface area contributed by atoms with Gasteiger partial charge in [0, 0.05) is 23.0 Å². The number of anilines is 1. The summed E-state index contributed by atoms with van der Waals surface area (Å²) in [7, 11) is 0. The lowest BCUT2D eigenvalue weighted by Gasteiger charge is -2.22. The maximum Gasteiger partial charge on any atom is 0.274 e. The maximum absolute atomic E-state index is 13.3. The number of carbonyl (C=O) groups excluding carboxylic acids is 1.